The Hall–Kier alpha value is -4.46. The number of ether oxygens (including phenoxy) is 2. The molecule has 2 aromatic heterocycles. The van der Waals surface area contributed by atoms with Crippen molar-refractivity contribution in [3.05, 3.63) is 95.5 Å². The Bertz CT molecular complexity index is 1530. The Morgan fingerprint density at radius 2 is 1.89 bits per heavy atom. The zero-order chi connectivity index (χ0) is 26.3. The van der Waals surface area contributed by atoms with E-state index in [1.807, 2.05) is 60.7 Å². The molecule has 38 heavy (non-hydrogen) atoms. The van der Waals surface area contributed by atoms with E-state index < -0.39 is 6.04 Å². The molecule has 0 bridgehead atoms. The lowest BCUT2D eigenvalue weighted by atomic mass is 9.73. The predicted octanol–water partition coefficient (Wildman–Crippen LogP) is 5.59. The van der Waals surface area contributed by atoms with Crippen molar-refractivity contribution in [2.45, 2.75) is 39.3 Å². The van der Waals surface area contributed by atoms with Crippen LogP contribution >= 0.6 is 0 Å². The van der Waals surface area contributed by atoms with Crippen LogP contribution in [0.15, 0.2) is 84.3 Å². The minimum Gasteiger partial charge on any atom is -0.493 e. The van der Waals surface area contributed by atoms with Gasteiger partial charge in [0.05, 0.1) is 7.11 Å². The first-order valence-corrected chi connectivity index (χ1v) is 12.7. The molecular formula is C30H29N5O3. The van der Waals surface area contributed by atoms with Crippen LogP contribution in [-0.4, -0.2) is 32.6 Å². The van der Waals surface area contributed by atoms with E-state index in [9.17, 15) is 4.79 Å². The highest BCUT2D eigenvalue weighted by Gasteiger charge is 2.42. The van der Waals surface area contributed by atoms with E-state index in [1.54, 1.807) is 24.2 Å². The second-order valence-corrected chi connectivity index (χ2v) is 10.5. The van der Waals surface area contributed by atoms with Crippen molar-refractivity contribution in [1.29, 1.82) is 0 Å². The van der Waals surface area contributed by atoms with Crippen LogP contribution in [0.5, 0.6) is 11.5 Å². The predicted molar refractivity (Wildman–Crippen MR) is 144 cm³/mol. The summed E-state index contributed by atoms with van der Waals surface area (Å²) >= 11 is 0. The average molecular weight is 508 g/mol. The van der Waals surface area contributed by atoms with E-state index >= 15 is 0 Å². The number of fused-ring (bicyclic) bond motifs is 1. The first-order valence-electron chi connectivity index (χ1n) is 12.7. The fourth-order valence-electron chi connectivity index (χ4n) is 5.24. The Balaban J connectivity index is 1.42. The van der Waals surface area contributed by atoms with Gasteiger partial charge in [-0.15, -0.1) is 5.10 Å². The molecule has 2 aromatic carbocycles. The molecule has 0 radical (unpaired) electrons. The topological polar surface area (TPSA) is 91.2 Å². The van der Waals surface area contributed by atoms with E-state index in [0.29, 0.717) is 36.3 Å². The quantitative estimate of drug-likeness (QED) is 0.364. The fraction of sp³-hybridized carbons (Fsp3) is 0.267. The largest absolute Gasteiger partial charge is 0.493 e. The number of ketones is 1. The summed E-state index contributed by atoms with van der Waals surface area (Å²) in [5.74, 6) is 2.49. The maximum absolute atomic E-state index is 13.6. The number of carbonyl (C=O) groups is 1. The van der Waals surface area contributed by atoms with Crippen LogP contribution in [-0.2, 0) is 11.4 Å². The number of rotatable bonds is 6. The van der Waals surface area contributed by atoms with Crippen molar-refractivity contribution in [3.63, 3.8) is 0 Å². The molecule has 0 saturated carbocycles. The smallest absolute Gasteiger partial charge is 0.226 e. The SMILES string of the molecule is COc1cc(C2C3=C(CC(C)(C)CC3=O)Nc3nc(-c4cccnc4)nn32)ccc1OCc1ccccc1. The van der Waals surface area contributed by atoms with Gasteiger partial charge in [0, 0.05) is 35.6 Å². The lowest BCUT2D eigenvalue weighted by molar-refractivity contribution is -0.118. The number of allylic oxidation sites excluding steroid dienone is 2. The Labute approximate surface area is 221 Å². The summed E-state index contributed by atoms with van der Waals surface area (Å²) in [5, 5.41) is 8.26. The average Bonchev–Trinajstić information content (AvgIpc) is 3.35. The van der Waals surface area contributed by atoms with Crippen molar-refractivity contribution in [2.75, 3.05) is 12.4 Å². The van der Waals surface area contributed by atoms with Crippen molar-refractivity contribution in [2.24, 2.45) is 5.41 Å². The second kappa shape index (κ2) is 9.45. The van der Waals surface area contributed by atoms with Crippen molar-refractivity contribution in [1.82, 2.24) is 19.7 Å². The summed E-state index contributed by atoms with van der Waals surface area (Å²) in [7, 11) is 1.62. The maximum Gasteiger partial charge on any atom is 0.226 e. The number of Topliss-reactive ketones (excluding diaryl/α,β-unsaturated/α-hetero) is 1. The molecule has 8 nitrogen and oxygen atoms in total. The molecule has 0 amide bonds. The van der Waals surface area contributed by atoms with Crippen LogP contribution in [0, 0.1) is 5.41 Å². The molecule has 0 fully saturated rings. The van der Waals surface area contributed by atoms with Gasteiger partial charge in [-0.2, -0.15) is 4.98 Å². The molecule has 1 N–H and O–H groups in total. The number of aromatic nitrogens is 4. The van der Waals surface area contributed by atoms with Gasteiger partial charge in [0.1, 0.15) is 12.6 Å². The van der Waals surface area contributed by atoms with Gasteiger partial charge in [0.25, 0.3) is 0 Å². The number of methoxy groups -OCH3 is 1. The highest BCUT2D eigenvalue weighted by atomic mass is 16.5. The number of hydrogen-bond donors (Lipinski definition) is 1. The lowest BCUT2D eigenvalue weighted by Gasteiger charge is -2.38. The van der Waals surface area contributed by atoms with E-state index in [1.165, 1.54) is 0 Å². The first-order chi connectivity index (χ1) is 18.4. The van der Waals surface area contributed by atoms with Gasteiger partial charge in [-0.05, 0) is 47.2 Å². The lowest BCUT2D eigenvalue weighted by Crippen LogP contribution is -2.36. The number of benzene rings is 2. The minimum absolute atomic E-state index is 0.112. The normalized spacial score (nSPS) is 17.9. The van der Waals surface area contributed by atoms with Gasteiger partial charge < -0.3 is 14.8 Å². The van der Waals surface area contributed by atoms with E-state index in [-0.39, 0.29) is 11.2 Å². The van der Waals surface area contributed by atoms with Crippen LogP contribution in [0.3, 0.4) is 0 Å². The highest BCUT2D eigenvalue weighted by molar-refractivity contribution is 6.00. The minimum atomic E-state index is -0.445. The van der Waals surface area contributed by atoms with Crippen molar-refractivity contribution in [3.8, 4) is 22.9 Å². The van der Waals surface area contributed by atoms with Gasteiger partial charge >= 0.3 is 0 Å². The number of anilines is 1. The Kier molecular flexibility index (Phi) is 5.94. The van der Waals surface area contributed by atoms with E-state index in [0.717, 1.165) is 34.4 Å². The van der Waals surface area contributed by atoms with Crippen molar-refractivity contribution < 1.29 is 14.3 Å². The molecule has 8 heteroatoms. The molecule has 0 spiro atoms. The van der Waals surface area contributed by atoms with Crippen LogP contribution in [0.25, 0.3) is 11.4 Å². The Morgan fingerprint density at radius 3 is 2.66 bits per heavy atom. The van der Waals surface area contributed by atoms with Crippen molar-refractivity contribution >= 4 is 11.7 Å². The van der Waals surface area contributed by atoms with Gasteiger partial charge in [-0.3, -0.25) is 9.78 Å². The molecule has 0 saturated heterocycles. The van der Waals surface area contributed by atoms with Crippen LogP contribution in [0.4, 0.5) is 5.95 Å². The standard InChI is InChI=1S/C30H29N5O3/c1-30(2)15-22-26(23(36)16-30)27(35-29(32-22)33-28(34-35)21-10-7-13-31-17-21)20-11-12-24(25(14-20)37-3)38-18-19-8-5-4-6-9-19/h4-14,17,27H,15-16,18H2,1-3H3,(H,32,33,34). The zero-order valence-corrected chi connectivity index (χ0v) is 21.6. The molecule has 4 aromatic rings. The summed E-state index contributed by atoms with van der Waals surface area (Å²) in [6.07, 6.45) is 4.67. The van der Waals surface area contributed by atoms with Gasteiger partial charge in [-0.1, -0.05) is 50.2 Å². The van der Waals surface area contributed by atoms with E-state index in [2.05, 4.69) is 24.1 Å². The Morgan fingerprint density at radius 1 is 1.05 bits per heavy atom. The monoisotopic (exact) mass is 507 g/mol. The first kappa shape index (κ1) is 23.9. The summed E-state index contributed by atoms with van der Waals surface area (Å²) in [6, 6.07) is 19.1. The van der Waals surface area contributed by atoms with E-state index in [4.69, 9.17) is 19.6 Å². The second-order valence-electron chi connectivity index (χ2n) is 10.5. The molecule has 192 valence electrons. The van der Waals surface area contributed by atoms with Crippen LogP contribution in [0.2, 0.25) is 0 Å². The highest BCUT2D eigenvalue weighted by Crippen LogP contribution is 2.46. The number of hydrogen-bond acceptors (Lipinski definition) is 7. The van der Waals surface area contributed by atoms with Crippen LogP contribution in [0.1, 0.15) is 43.9 Å². The number of carbonyl (C=O) groups excluding carboxylic acids is 1. The molecule has 1 aliphatic carbocycles. The van der Waals surface area contributed by atoms with Gasteiger partial charge in [-0.25, -0.2) is 4.68 Å². The molecule has 6 rings (SSSR count). The van der Waals surface area contributed by atoms with Gasteiger partial charge in [0.15, 0.2) is 23.1 Å². The fourth-order valence-corrected chi connectivity index (χ4v) is 5.24. The molecule has 1 atom stereocenters. The molecule has 1 aliphatic heterocycles. The van der Waals surface area contributed by atoms with Crippen LogP contribution < -0.4 is 14.8 Å². The van der Waals surface area contributed by atoms with Gasteiger partial charge in [0.2, 0.25) is 5.95 Å². The molecular weight excluding hydrogens is 478 g/mol. The summed E-state index contributed by atoms with van der Waals surface area (Å²) in [5.41, 5.74) is 4.23. The number of nitrogens with zero attached hydrogens (tertiary/aromatic N) is 4. The molecule has 1 unspecified atom stereocenters. The number of pyridine rings is 1. The summed E-state index contributed by atoms with van der Waals surface area (Å²) < 4.78 is 13.6. The zero-order valence-electron chi connectivity index (χ0n) is 21.6. The maximum atomic E-state index is 13.6. The molecule has 2 aliphatic rings. The summed E-state index contributed by atoms with van der Waals surface area (Å²) in [6.45, 7) is 4.66. The number of nitrogens with one attached hydrogen (secondary N) is 1. The third-order valence-electron chi connectivity index (χ3n) is 6.99. The molecule has 3 heterocycles. The third-order valence-corrected chi connectivity index (χ3v) is 6.99. The summed E-state index contributed by atoms with van der Waals surface area (Å²) in [4.78, 5) is 22.6. The third kappa shape index (κ3) is 4.42.